The molecule has 1 aliphatic carbocycles. The number of pyridine rings is 1. The summed E-state index contributed by atoms with van der Waals surface area (Å²) in [7, 11) is 0. The number of aromatic nitrogens is 3. The Kier molecular flexibility index (Phi) is 4.96. The van der Waals surface area contributed by atoms with Gasteiger partial charge in [-0.1, -0.05) is 0 Å². The maximum absolute atomic E-state index is 14.3. The predicted molar refractivity (Wildman–Crippen MR) is 94.3 cm³/mol. The molecule has 6 nitrogen and oxygen atoms in total. The molecule has 0 aromatic carbocycles. The van der Waals surface area contributed by atoms with E-state index >= 15 is 0 Å². The summed E-state index contributed by atoms with van der Waals surface area (Å²) in [6.45, 7) is 3.27. The van der Waals surface area contributed by atoms with Gasteiger partial charge in [0.05, 0.1) is 11.9 Å². The van der Waals surface area contributed by atoms with E-state index in [1.54, 1.807) is 32.2 Å². The van der Waals surface area contributed by atoms with E-state index in [1.165, 1.54) is 6.20 Å². The highest BCUT2D eigenvalue weighted by atomic mass is 19.1. The molecule has 0 atom stereocenters. The van der Waals surface area contributed by atoms with Gasteiger partial charge in [-0.15, -0.1) is 0 Å². The van der Waals surface area contributed by atoms with Crippen LogP contribution in [-0.4, -0.2) is 32.1 Å². The van der Waals surface area contributed by atoms with Crippen LogP contribution in [0.5, 0.6) is 0 Å². The van der Waals surface area contributed by atoms with E-state index in [2.05, 4.69) is 20.3 Å². The molecule has 0 bridgehead atoms. The molecule has 1 aliphatic rings. The molecule has 1 saturated carbocycles. The molecule has 1 fully saturated rings. The third-order valence-electron chi connectivity index (χ3n) is 4.51. The van der Waals surface area contributed by atoms with Crippen molar-refractivity contribution in [2.75, 3.05) is 5.32 Å². The average Bonchev–Trinajstić information content (AvgIpc) is 2.58. The van der Waals surface area contributed by atoms with E-state index in [9.17, 15) is 9.50 Å². The van der Waals surface area contributed by atoms with Crippen LogP contribution in [0.25, 0.3) is 11.3 Å². The summed E-state index contributed by atoms with van der Waals surface area (Å²) in [5.74, 6) is -0.109. The highest BCUT2D eigenvalue weighted by Crippen LogP contribution is 2.26. The van der Waals surface area contributed by atoms with Crippen LogP contribution in [0.3, 0.4) is 0 Å². The molecule has 2 aromatic rings. The Hall–Kier alpha value is -2.12. The van der Waals surface area contributed by atoms with E-state index in [4.69, 9.17) is 5.73 Å². The van der Waals surface area contributed by atoms with Crippen LogP contribution in [0.4, 0.5) is 10.3 Å². The second-order valence-corrected chi connectivity index (χ2v) is 7.13. The summed E-state index contributed by atoms with van der Waals surface area (Å²) < 4.78 is 14.3. The lowest BCUT2D eigenvalue weighted by Gasteiger charge is -2.26. The quantitative estimate of drug-likeness (QED) is 0.788. The van der Waals surface area contributed by atoms with Gasteiger partial charge >= 0.3 is 0 Å². The number of hydrogen-bond donors (Lipinski definition) is 3. The van der Waals surface area contributed by atoms with Crippen LogP contribution >= 0.6 is 0 Å². The number of nitrogens with two attached hydrogens (primary N) is 1. The number of halogens is 1. The van der Waals surface area contributed by atoms with Crippen molar-refractivity contribution in [1.29, 1.82) is 0 Å². The van der Waals surface area contributed by atoms with Crippen molar-refractivity contribution in [2.24, 2.45) is 5.73 Å². The van der Waals surface area contributed by atoms with Gasteiger partial charge in [0.1, 0.15) is 11.3 Å². The maximum Gasteiger partial charge on any atom is 0.223 e. The van der Waals surface area contributed by atoms with Gasteiger partial charge in [-0.25, -0.2) is 14.4 Å². The maximum atomic E-state index is 14.3. The van der Waals surface area contributed by atoms with Crippen LogP contribution in [0.15, 0.2) is 24.5 Å². The second-order valence-electron chi connectivity index (χ2n) is 7.13. The number of hydrogen-bond acceptors (Lipinski definition) is 6. The van der Waals surface area contributed by atoms with Gasteiger partial charge in [0.2, 0.25) is 5.95 Å². The van der Waals surface area contributed by atoms with Crippen molar-refractivity contribution in [3.63, 3.8) is 0 Å². The SMILES string of the molecule is CC(C)(O)c1cc(-c2nc(N[C@H]3CC[C@H](N)CC3)ncc2F)ccn1. The van der Waals surface area contributed by atoms with Crippen LogP contribution in [0, 0.1) is 5.82 Å². The molecular formula is C18H24FN5O. The van der Waals surface area contributed by atoms with Crippen LogP contribution in [0.1, 0.15) is 45.2 Å². The van der Waals surface area contributed by atoms with Crippen molar-refractivity contribution < 1.29 is 9.50 Å². The molecule has 7 heteroatoms. The summed E-state index contributed by atoms with van der Waals surface area (Å²) in [5, 5.41) is 13.4. The molecule has 0 spiro atoms. The summed E-state index contributed by atoms with van der Waals surface area (Å²) in [6, 6.07) is 3.83. The lowest BCUT2D eigenvalue weighted by molar-refractivity contribution is 0.0739. The first kappa shape index (κ1) is 17.7. The first-order valence-electron chi connectivity index (χ1n) is 8.57. The van der Waals surface area contributed by atoms with Crippen molar-refractivity contribution in [3.8, 4) is 11.3 Å². The molecule has 2 aromatic heterocycles. The molecule has 0 saturated heterocycles. The standard InChI is InChI=1S/C18H24FN5O/c1-18(2,25)15-9-11(7-8-21-15)16-14(19)10-22-17(24-16)23-13-5-3-12(20)4-6-13/h7-10,12-13,25H,3-6,20H2,1-2H3,(H,22,23,24)/t12-,13-. The van der Waals surface area contributed by atoms with E-state index in [1.807, 2.05) is 0 Å². The molecule has 4 N–H and O–H groups in total. The topological polar surface area (TPSA) is 97.0 Å². The Bertz CT molecular complexity index is 738. The van der Waals surface area contributed by atoms with Gasteiger partial charge in [0.15, 0.2) is 5.82 Å². The molecular weight excluding hydrogens is 321 g/mol. The smallest absolute Gasteiger partial charge is 0.223 e. The van der Waals surface area contributed by atoms with Gasteiger partial charge in [-0.05, 0) is 51.7 Å². The first-order chi connectivity index (χ1) is 11.8. The van der Waals surface area contributed by atoms with Gasteiger partial charge in [0.25, 0.3) is 0 Å². The zero-order chi connectivity index (χ0) is 18.0. The number of nitrogens with one attached hydrogen (secondary N) is 1. The van der Waals surface area contributed by atoms with Gasteiger partial charge in [-0.2, -0.15) is 0 Å². The Balaban J connectivity index is 1.85. The first-order valence-corrected chi connectivity index (χ1v) is 8.57. The normalized spacial score (nSPS) is 21.2. The Morgan fingerprint density at radius 3 is 2.64 bits per heavy atom. The van der Waals surface area contributed by atoms with E-state index in [-0.39, 0.29) is 17.8 Å². The molecule has 134 valence electrons. The molecule has 25 heavy (non-hydrogen) atoms. The third-order valence-corrected chi connectivity index (χ3v) is 4.51. The van der Waals surface area contributed by atoms with E-state index in [0.29, 0.717) is 17.2 Å². The fraction of sp³-hybridized carbons (Fsp3) is 0.500. The number of rotatable bonds is 4. The summed E-state index contributed by atoms with van der Waals surface area (Å²) in [6.07, 6.45) is 6.55. The molecule has 0 aliphatic heterocycles. The highest BCUT2D eigenvalue weighted by Gasteiger charge is 2.21. The zero-order valence-corrected chi connectivity index (χ0v) is 14.5. The number of anilines is 1. The fourth-order valence-corrected chi connectivity index (χ4v) is 3.00. The minimum Gasteiger partial charge on any atom is -0.384 e. The van der Waals surface area contributed by atoms with Crippen molar-refractivity contribution in [1.82, 2.24) is 15.0 Å². The molecule has 0 radical (unpaired) electrons. The summed E-state index contributed by atoms with van der Waals surface area (Å²) >= 11 is 0. The summed E-state index contributed by atoms with van der Waals surface area (Å²) in [4.78, 5) is 12.5. The number of nitrogens with zero attached hydrogens (tertiary/aromatic N) is 3. The average molecular weight is 345 g/mol. The zero-order valence-electron chi connectivity index (χ0n) is 14.5. The molecule has 3 rings (SSSR count). The largest absolute Gasteiger partial charge is 0.384 e. The summed E-state index contributed by atoms with van der Waals surface area (Å²) in [5.41, 5.74) is 6.02. The van der Waals surface area contributed by atoms with Crippen molar-refractivity contribution in [2.45, 2.75) is 57.2 Å². The van der Waals surface area contributed by atoms with Gasteiger partial charge in [0, 0.05) is 23.8 Å². The predicted octanol–water partition coefficient (Wildman–Crippen LogP) is 2.59. The molecule has 2 heterocycles. The minimum absolute atomic E-state index is 0.193. The Labute approximate surface area is 146 Å². The minimum atomic E-state index is -1.11. The van der Waals surface area contributed by atoms with Crippen LogP contribution < -0.4 is 11.1 Å². The Morgan fingerprint density at radius 1 is 1.24 bits per heavy atom. The van der Waals surface area contributed by atoms with Crippen LogP contribution in [0.2, 0.25) is 0 Å². The van der Waals surface area contributed by atoms with Gasteiger partial charge < -0.3 is 16.2 Å². The van der Waals surface area contributed by atoms with Crippen molar-refractivity contribution in [3.05, 3.63) is 36.0 Å². The molecule has 0 amide bonds. The fourth-order valence-electron chi connectivity index (χ4n) is 3.00. The molecule has 0 unspecified atom stereocenters. The highest BCUT2D eigenvalue weighted by molar-refractivity contribution is 5.61. The second kappa shape index (κ2) is 7.01. The monoisotopic (exact) mass is 345 g/mol. The lowest BCUT2D eigenvalue weighted by atomic mass is 9.92. The Morgan fingerprint density at radius 2 is 1.96 bits per heavy atom. The van der Waals surface area contributed by atoms with E-state index in [0.717, 1.165) is 25.7 Å². The third kappa shape index (κ3) is 4.29. The van der Waals surface area contributed by atoms with Crippen LogP contribution in [-0.2, 0) is 5.60 Å². The number of aliphatic hydroxyl groups is 1. The lowest BCUT2D eigenvalue weighted by Crippen LogP contribution is -2.33. The van der Waals surface area contributed by atoms with E-state index < -0.39 is 11.4 Å². The van der Waals surface area contributed by atoms with Gasteiger partial charge in [-0.3, -0.25) is 4.98 Å². The van der Waals surface area contributed by atoms with Crippen molar-refractivity contribution >= 4 is 5.95 Å².